The van der Waals surface area contributed by atoms with E-state index in [4.69, 9.17) is 4.74 Å². The Morgan fingerprint density at radius 3 is 2.76 bits per heavy atom. The number of rotatable bonds is 5. The molecule has 0 saturated carbocycles. The van der Waals surface area contributed by atoms with E-state index in [2.05, 4.69) is 44.4 Å². The smallest absolute Gasteiger partial charge is 0.122 e. The molecule has 4 heteroatoms. The Morgan fingerprint density at radius 1 is 1.36 bits per heavy atom. The predicted molar refractivity (Wildman–Crippen MR) is 106 cm³/mol. The van der Waals surface area contributed by atoms with Crippen molar-refractivity contribution >= 4 is 12.4 Å². The number of fused-ring (bicyclic) bond motifs is 4. The third-order valence-electron chi connectivity index (χ3n) is 6.83. The van der Waals surface area contributed by atoms with Crippen molar-refractivity contribution in [3.05, 3.63) is 41.5 Å². The van der Waals surface area contributed by atoms with Gasteiger partial charge in [0.25, 0.3) is 0 Å². The van der Waals surface area contributed by atoms with Crippen molar-refractivity contribution in [1.29, 1.82) is 0 Å². The van der Waals surface area contributed by atoms with E-state index in [0.717, 1.165) is 38.1 Å². The number of phenolic OH excluding ortho intramolecular Hbond substituents is 1. The van der Waals surface area contributed by atoms with Gasteiger partial charge in [0.1, 0.15) is 5.75 Å². The van der Waals surface area contributed by atoms with Gasteiger partial charge < -0.3 is 9.84 Å². The average molecular weight is 366 g/mol. The second kappa shape index (κ2) is 7.30. The number of aryl methyl sites for hydroxylation is 1. The number of aromatic hydroxyl groups is 1. The van der Waals surface area contributed by atoms with Crippen molar-refractivity contribution in [2.24, 2.45) is 5.41 Å². The summed E-state index contributed by atoms with van der Waals surface area (Å²) in [6.07, 6.45) is 3.84. The zero-order valence-electron chi connectivity index (χ0n) is 16.0. The minimum absolute atomic E-state index is 0. The molecule has 1 unspecified atom stereocenters. The lowest BCUT2D eigenvalue weighted by molar-refractivity contribution is -0.0473. The Kier molecular flexibility index (Phi) is 5.92. The molecule has 1 N–H and O–H groups in total. The molecular formula is C21H32ClNO2. The molecule has 3 rings (SSSR count). The lowest BCUT2D eigenvalue weighted by Crippen LogP contribution is -2.64. The molecule has 0 radical (unpaired) electrons. The molecule has 1 aromatic rings. The van der Waals surface area contributed by atoms with Gasteiger partial charge in [-0.15, -0.1) is 19.0 Å². The van der Waals surface area contributed by atoms with E-state index >= 15 is 0 Å². The third kappa shape index (κ3) is 3.11. The average Bonchev–Trinajstić information content (AvgIpc) is 2.53. The lowest BCUT2D eigenvalue weighted by Gasteiger charge is -2.61. The maximum atomic E-state index is 10.7. The fourth-order valence-corrected chi connectivity index (χ4v) is 4.82. The molecule has 140 valence electrons. The Bertz CT molecular complexity index is 643. The van der Waals surface area contributed by atoms with Crippen molar-refractivity contribution in [1.82, 2.24) is 4.90 Å². The van der Waals surface area contributed by atoms with E-state index in [1.54, 1.807) is 6.08 Å². The van der Waals surface area contributed by atoms with Gasteiger partial charge in [-0.1, -0.05) is 39.0 Å². The molecule has 1 saturated heterocycles. The molecule has 1 aliphatic heterocycles. The van der Waals surface area contributed by atoms with Crippen LogP contribution < -0.4 is 0 Å². The quantitative estimate of drug-likeness (QED) is 0.625. The minimum atomic E-state index is 0. The Balaban J connectivity index is 0.00000225. The van der Waals surface area contributed by atoms with Crippen molar-refractivity contribution in [2.45, 2.75) is 52.0 Å². The molecule has 3 nitrogen and oxygen atoms in total. The van der Waals surface area contributed by atoms with Crippen LogP contribution in [0.4, 0.5) is 0 Å². The Labute approximate surface area is 158 Å². The van der Waals surface area contributed by atoms with E-state index in [-0.39, 0.29) is 23.2 Å². The molecule has 1 heterocycles. The summed E-state index contributed by atoms with van der Waals surface area (Å²) in [5.41, 5.74) is 3.77. The summed E-state index contributed by atoms with van der Waals surface area (Å²) >= 11 is 0. The van der Waals surface area contributed by atoms with Crippen molar-refractivity contribution in [3.8, 4) is 5.75 Å². The fraction of sp³-hybridized carbons (Fsp3) is 0.619. The molecule has 0 spiro atoms. The van der Waals surface area contributed by atoms with Gasteiger partial charge in [0.2, 0.25) is 0 Å². The highest BCUT2D eigenvalue weighted by atomic mass is 35.5. The van der Waals surface area contributed by atoms with Gasteiger partial charge >= 0.3 is 0 Å². The van der Waals surface area contributed by atoms with Crippen LogP contribution in [0.1, 0.15) is 43.9 Å². The second-order valence-corrected chi connectivity index (χ2v) is 8.18. The van der Waals surface area contributed by atoms with Gasteiger partial charge in [-0.05, 0) is 48.4 Å². The van der Waals surface area contributed by atoms with E-state index in [0.29, 0.717) is 18.4 Å². The number of halogens is 1. The maximum absolute atomic E-state index is 10.7. The zero-order valence-corrected chi connectivity index (χ0v) is 16.8. The molecule has 2 aliphatic rings. The first-order valence-corrected chi connectivity index (χ1v) is 9.07. The summed E-state index contributed by atoms with van der Waals surface area (Å²) in [5.74, 6) is 0.504. The Hall–Kier alpha value is -1.03. The van der Waals surface area contributed by atoms with Gasteiger partial charge in [0.15, 0.2) is 0 Å². The fourth-order valence-electron chi connectivity index (χ4n) is 4.82. The van der Waals surface area contributed by atoms with Crippen LogP contribution in [-0.2, 0) is 16.6 Å². The van der Waals surface area contributed by atoms with Gasteiger partial charge in [-0.25, -0.2) is 0 Å². The zero-order chi connectivity index (χ0) is 17.5. The third-order valence-corrected chi connectivity index (χ3v) is 6.83. The SMILES string of the molecule is C=CCOCCN1CCC2(C)c3ccc(C)c(O)c3C[C@@H]1C2(C)C.Cl. The van der Waals surface area contributed by atoms with E-state index in [1.807, 2.05) is 6.92 Å². The normalized spacial score (nSPS) is 27.3. The van der Waals surface area contributed by atoms with Crippen LogP contribution in [0.2, 0.25) is 0 Å². The van der Waals surface area contributed by atoms with Crippen LogP contribution in [0.3, 0.4) is 0 Å². The van der Waals surface area contributed by atoms with Crippen LogP contribution in [-0.4, -0.2) is 42.4 Å². The molecule has 0 aromatic heterocycles. The van der Waals surface area contributed by atoms with Crippen molar-refractivity contribution in [3.63, 3.8) is 0 Å². The summed E-state index contributed by atoms with van der Waals surface area (Å²) < 4.78 is 5.62. The highest BCUT2D eigenvalue weighted by Crippen LogP contribution is 2.57. The van der Waals surface area contributed by atoms with Crippen LogP contribution in [0.5, 0.6) is 5.75 Å². The summed E-state index contributed by atoms with van der Waals surface area (Å²) in [4.78, 5) is 2.57. The van der Waals surface area contributed by atoms with Crippen molar-refractivity contribution in [2.75, 3.05) is 26.3 Å². The van der Waals surface area contributed by atoms with Crippen LogP contribution >= 0.6 is 12.4 Å². The van der Waals surface area contributed by atoms with Crippen LogP contribution in [0.25, 0.3) is 0 Å². The summed E-state index contributed by atoms with van der Waals surface area (Å²) in [6.45, 7) is 16.3. The van der Waals surface area contributed by atoms with Gasteiger partial charge in [0.05, 0.1) is 13.2 Å². The summed E-state index contributed by atoms with van der Waals surface area (Å²) in [5, 5.41) is 10.7. The molecule has 25 heavy (non-hydrogen) atoms. The molecule has 2 atom stereocenters. The van der Waals surface area contributed by atoms with Gasteiger partial charge in [-0.3, -0.25) is 4.90 Å². The number of likely N-dealkylation sites (tertiary alicyclic amines) is 1. The predicted octanol–water partition coefficient (Wildman–Crippen LogP) is 4.24. The van der Waals surface area contributed by atoms with Crippen molar-refractivity contribution < 1.29 is 9.84 Å². The standard InChI is InChI=1S/C21H31NO2.ClH/c1-6-12-24-13-11-22-10-9-21(5)17-8-7-15(2)19(23)16(17)14-18(22)20(21,3)4;/h6-8,18,23H,1,9-14H2,2-5H3;1H/t18-,21?;/m1./s1. The molecule has 2 bridgehead atoms. The van der Waals surface area contributed by atoms with Crippen LogP contribution in [0.15, 0.2) is 24.8 Å². The first kappa shape index (κ1) is 20.3. The molecule has 1 aromatic carbocycles. The largest absolute Gasteiger partial charge is 0.507 e. The number of hydrogen-bond acceptors (Lipinski definition) is 3. The van der Waals surface area contributed by atoms with Gasteiger partial charge in [0, 0.05) is 18.0 Å². The highest BCUT2D eigenvalue weighted by molar-refractivity contribution is 5.85. The number of benzene rings is 1. The topological polar surface area (TPSA) is 32.7 Å². The molecule has 0 amide bonds. The first-order valence-electron chi connectivity index (χ1n) is 9.07. The Morgan fingerprint density at radius 2 is 2.08 bits per heavy atom. The monoisotopic (exact) mass is 365 g/mol. The summed E-state index contributed by atoms with van der Waals surface area (Å²) in [7, 11) is 0. The van der Waals surface area contributed by atoms with E-state index < -0.39 is 0 Å². The number of piperidine rings is 1. The highest BCUT2D eigenvalue weighted by Gasteiger charge is 2.56. The number of nitrogens with zero attached hydrogens (tertiary/aromatic N) is 1. The van der Waals surface area contributed by atoms with Crippen LogP contribution in [0, 0.1) is 12.3 Å². The summed E-state index contributed by atoms with van der Waals surface area (Å²) in [6, 6.07) is 4.76. The van der Waals surface area contributed by atoms with E-state index in [1.165, 1.54) is 11.1 Å². The number of phenols is 1. The molecule has 1 fully saturated rings. The number of hydrogen-bond donors (Lipinski definition) is 1. The minimum Gasteiger partial charge on any atom is -0.507 e. The molecular weight excluding hydrogens is 334 g/mol. The molecule has 1 aliphatic carbocycles. The second-order valence-electron chi connectivity index (χ2n) is 8.18. The van der Waals surface area contributed by atoms with E-state index in [9.17, 15) is 5.11 Å². The maximum Gasteiger partial charge on any atom is 0.122 e. The first-order chi connectivity index (χ1) is 11.3. The lowest BCUT2D eigenvalue weighted by atomic mass is 9.51. The van der Waals surface area contributed by atoms with Gasteiger partial charge in [-0.2, -0.15) is 0 Å². The number of ether oxygens (including phenoxy) is 1.